The van der Waals surface area contributed by atoms with Gasteiger partial charge in [0.05, 0.1) is 31.1 Å². The lowest BCUT2D eigenvalue weighted by Gasteiger charge is -2.31. The summed E-state index contributed by atoms with van der Waals surface area (Å²) in [6.07, 6.45) is 8.76. The molecule has 10 heteroatoms. The van der Waals surface area contributed by atoms with E-state index in [9.17, 15) is 14.4 Å². The van der Waals surface area contributed by atoms with Gasteiger partial charge in [0, 0.05) is 30.9 Å². The van der Waals surface area contributed by atoms with Gasteiger partial charge >= 0.3 is 6.09 Å². The van der Waals surface area contributed by atoms with Gasteiger partial charge in [-0.3, -0.25) is 9.59 Å². The Morgan fingerprint density at radius 2 is 1.42 bits per heavy atom. The highest BCUT2D eigenvalue weighted by atomic mass is 16.5. The van der Waals surface area contributed by atoms with Gasteiger partial charge < -0.3 is 29.8 Å². The predicted molar refractivity (Wildman–Crippen MR) is 202 cm³/mol. The number of aromatic amines is 2. The number of alkyl carbamates (subject to hydrolysis) is 1. The average molecular weight is 705 g/mol. The summed E-state index contributed by atoms with van der Waals surface area (Å²) in [6, 6.07) is 16.6. The third-order valence-electron chi connectivity index (χ3n) is 11.1. The number of nitrogens with zero attached hydrogens (tertiary/aromatic N) is 3. The van der Waals surface area contributed by atoms with Crippen LogP contribution in [0.5, 0.6) is 0 Å². The van der Waals surface area contributed by atoms with Crippen molar-refractivity contribution < 1.29 is 19.1 Å². The molecule has 7 rings (SSSR count). The van der Waals surface area contributed by atoms with Crippen molar-refractivity contribution in [3.63, 3.8) is 0 Å². The number of ether oxygens (including phenoxy) is 1. The Morgan fingerprint density at radius 1 is 0.808 bits per heavy atom. The van der Waals surface area contributed by atoms with Gasteiger partial charge in [0.15, 0.2) is 0 Å². The lowest BCUT2D eigenvalue weighted by atomic mass is 9.99. The van der Waals surface area contributed by atoms with Crippen LogP contribution < -0.4 is 5.32 Å². The zero-order chi connectivity index (χ0) is 36.5. The van der Waals surface area contributed by atoms with Crippen molar-refractivity contribution in [3.05, 3.63) is 77.4 Å². The van der Waals surface area contributed by atoms with E-state index in [1.165, 1.54) is 18.2 Å². The van der Waals surface area contributed by atoms with Gasteiger partial charge in [0.2, 0.25) is 11.8 Å². The van der Waals surface area contributed by atoms with E-state index in [-0.39, 0.29) is 29.8 Å². The first-order valence-corrected chi connectivity index (χ1v) is 19.1. The highest BCUT2D eigenvalue weighted by Gasteiger charge is 2.39. The highest BCUT2D eigenvalue weighted by Crippen LogP contribution is 2.42. The van der Waals surface area contributed by atoms with Gasteiger partial charge in [-0.1, -0.05) is 76.2 Å². The number of imidazole rings is 1. The number of H-pyrrole nitrogens is 2. The second-order valence-corrected chi connectivity index (χ2v) is 15.5. The van der Waals surface area contributed by atoms with Crippen molar-refractivity contribution >= 4 is 17.9 Å². The molecule has 2 aromatic heterocycles. The van der Waals surface area contributed by atoms with Crippen molar-refractivity contribution in [2.24, 2.45) is 11.8 Å². The summed E-state index contributed by atoms with van der Waals surface area (Å²) in [7, 11) is 1.32. The van der Waals surface area contributed by atoms with E-state index in [0.29, 0.717) is 18.9 Å². The lowest BCUT2D eigenvalue weighted by molar-refractivity contribution is -0.135. The largest absolute Gasteiger partial charge is 0.453 e. The molecule has 1 aliphatic carbocycles. The molecule has 3 atom stereocenters. The predicted octanol–water partition coefficient (Wildman–Crippen LogP) is 7.98. The van der Waals surface area contributed by atoms with Gasteiger partial charge in [-0.15, -0.1) is 0 Å². The molecule has 10 nitrogen and oxygen atoms in total. The van der Waals surface area contributed by atoms with E-state index >= 15 is 0 Å². The molecule has 2 aliphatic heterocycles. The smallest absolute Gasteiger partial charge is 0.407 e. The zero-order valence-electron chi connectivity index (χ0n) is 31.1. The molecule has 0 bridgehead atoms. The number of likely N-dealkylation sites (tertiary alicyclic amines) is 2. The van der Waals surface area contributed by atoms with Gasteiger partial charge in [0.25, 0.3) is 0 Å². The minimum atomic E-state index is -0.636. The van der Waals surface area contributed by atoms with Crippen LogP contribution in [0.2, 0.25) is 0 Å². The minimum absolute atomic E-state index is 0.0157. The van der Waals surface area contributed by atoms with Crippen molar-refractivity contribution in [2.45, 2.75) is 97.2 Å². The number of benzene rings is 2. The fourth-order valence-electron chi connectivity index (χ4n) is 8.48. The maximum absolute atomic E-state index is 13.8. The molecule has 0 spiro atoms. The summed E-state index contributed by atoms with van der Waals surface area (Å²) in [5.74, 6) is 1.30. The number of hydrogen-bond acceptors (Lipinski definition) is 5. The highest BCUT2D eigenvalue weighted by molar-refractivity contribution is 5.86. The summed E-state index contributed by atoms with van der Waals surface area (Å²) in [6.45, 7) is 9.54. The van der Waals surface area contributed by atoms with Crippen molar-refractivity contribution in [1.29, 1.82) is 0 Å². The second-order valence-electron chi connectivity index (χ2n) is 15.5. The number of aromatic nitrogens is 3. The molecule has 2 fully saturated rings. The number of carbonyl (C=O) groups excluding carboxylic acids is 3. The van der Waals surface area contributed by atoms with Crippen molar-refractivity contribution in [1.82, 2.24) is 30.1 Å². The lowest BCUT2D eigenvalue weighted by Crippen LogP contribution is -2.51. The average Bonchev–Trinajstić information content (AvgIpc) is 3.98. The summed E-state index contributed by atoms with van der Waals surface area (Å²) in [4.78, 5) is 54.7. The number of fused-ring (bicyclic) bond motifs is 1. The molecule has 2 aromatic carbocycles. The number of nitrogens with one attached hydrogen (secondary N) is 3. The minimum Gasteiger partial charge on any atom is -0.453 e. The quantitative estimate of drug-likeness (QED) is 0.155. The van der Waals surface area contributed by atoms with Crippen LogP contribution in [0, 0.1) is 11.8 Å². The summed E-state index contributed by atoms with van der Waals surface area (Å²) >= 11 is 0. The van der Waals surface area contributed by atoms with E-state index in [4.69, 9.17) is 9.72 Å². The number of methoxy groups -OCH3 is 1. The number of hydrogen-bond donors (Lipinski definition) is 3. The first-order chi connectivity index (χ1) is 25.1. The van der Waals surface area contributed by atoms with Crippen LogP contribution in [-0.4, -0.2) is 68.9 Å². The monoisotopic (exact) mass is 704 g/mol. The third kappa shape index (κ3) is 6.99. The van der Waals surface area contributed by atoms with Crippen LogP contribution >= 0.6 is 0 Å². The Kier molecular flexibility index (Phi) is 10.3. The Bertz CT molecular complexity index is 1910. The van der Waals surface area contributed by atoms with E-state index in [0.717, 1.165) is 96.7 Å². The molecule has 52 heavy (non-hydrogen) atoms. The van der Waals surface area contributed by atoms with E-state index in [1.54, 1.807) is 0 Å². The van der Waals surface area contributed by atoms with E-state index < -0.39 is 12.1 Å². The van der Waals surface area contributed by atoms with Crippen LogP contribution in [0.25, 0.3) is 33.6 Å². The molecule has 4 heterocycles. The Hall–Kier alpha value is -4.86. The van der Waals surface area contributed by atoms with Crippen LogP contribution in [0.3, 0.4) is 0 Å². The first kappa shape index (κ1) is 35.5. The van der Waals surface area contributed by atoms with Crippen LogP contribution in [0.4, 0.5) is 4.79 Å². The molecular weight excluding hydrogens is 652 g/mol. The molecule has 3 N–H and O–H groups in total. The summed E-state index contributed by atoms with van der Waals surface area (Å²) in [5, 5.41) is 2.77. The topological polar surface area (TPSA) is 123 Å². The fourth-order valence-corrected chi connectivity index (χ4v) is 8.48. The van der Waals surface area contributed by atoms with Crippen molar-refractivity contribution in [2.75, 3.05) is 20.2 Å². The molecule has 0 saturated carbocycles. The maximum atomic E-state index is 13.8. The van der Waals surface area contributed by atoms with Gasteiger partial charge in [-0.25, -0.2) is 9.78 Å². The van der Waals surface area contributed by atoms with Crippen LogP contribution in [-0.2, 0) is 27.2 Å². The molecule has 1 unspecified atom stereocenters. The van der Waals surface area contributed by atoms with Crippen LogP contribution in [0.15, 0.2) is 54.7 Å². The SMILES string of the molecule is COC(=O)N[C@H](C(=O)N1CCC[C@H]1c1[nH]c(-c2ccc(-c3ccc(-c4cnc(C5CCCN5C(=O)CC(C)C)[nH]4)cc3)cc2)c2c1CCC2)C(C)C. The normalized spacial score (nSPS) is 19.1. The van der Waals surface area contributed by atoms with Gasteiger partial charge in [0.1, 0.15) is 11.9 Å². The first-order valence-electron chi connectivity index (χ1n) is 19.1. The van der Waals surface area contributed by atoms with Gasteiger partial charge in [-0.2, -0.15) is 0 Å². The number of carbonyl (C=O) groups is 3. The van der Waals surface area contributed by atoms with Gasteiger partial charge in [-0.05, 0) is 90.2 Å². The molecule has 2 saturated heterocycles. The second kappa shape index (κ2) is 15.0. The summed E-state index contributed by atoms with van der Waals surface area (Å²) in [5.41, 5.74) is 10.5. The number of rotatable bonds is 10. The Balaban J connectivity index is 1.07. The zero-order valence-corrected chi connectivity index (χ0v) is 31.1. The fraction of sp³-hybridized carbons (Fsp3) is 0.476. The number of amides is 3. The Morgan fingerprint density at radius 3 is 2.08 bits per heavy atom. The van der Waals surface area contributed by atoms with Crippen LogP contribution in [0.1, 0.15) is 101 Å². The Labute approximate surface area is 306 Å². The van der Waals surface area contributed by atoms with E-state index in [2.05, 4.69) is 77.7 Å². The maximum Gasteiger partial charge on any atom is 0.407 e. The molecule has 274 valence electrons. The molecular formula is C42H52N6O4. The standard InChI is InChI=1S/C42H52N6O4/c1-25(2)23-36(49)47-21-8-12-35(47)40-43-24-33(44-40)29-17-13-27(14-18-29)28-15-19-30(20-16-28)38-31-9-6-10-32(31)39(45-38)34-11-7-22-48(34)41(50)37(26(3)4)46-42(51)52-5/h13-20,24-26,34-35,37,45H,6-12,21-23H2,1-5H3,(H,43,44)(H,46,51)/t34-,35?,37-/m0/s1. The van der Waals surface area contributed by atoms with Crippen molar-refractivity contribution in [3.8, 4) is 33.6 Å². The third-order valence-corrected chi connectivity index (χ3v) is 11.1. The molecule has 4 aromatic rings. The molecule has 3 amide bonds. The molecule has 0 radical (unpaired) electrons. The van der Waals surface area contributed by atoms with E-state index in [1.807, 2.05) is 29.8 Å². The molecule has 3 aliphatic rings. The summed E-state index contributed by atoms with van der Waals surface area (Å²) < 4.78 is 4.82.